The predicted molar refractivity (Wildman–Crippen MR) is 43.6 cm³/mol. The standard InChI is InChI=1S/C8H15NO3/c1-12-5-4-9-7(11)8(6-10)2-3-8/h10H,2-6H2,1H3,(H,9,11). The number of rotatable bonds is 5. The van der Waals surface area contributed by atoms with Crippen molar-refractivity contribution in [2.24, 2.45) is 5.41 Å². The largest absolute Gasteiger partial charge is 0.395 e. The minimum atomic E-state index is -0.451. The van der Waals surface area contributed by atoms with Crippen molar-refractivity contribution < 1.29 is 14.6 Å². The Bertz CT molecular complexity index is 166. The van der Waals surface area contributed by atoms with Crippen molar-refractivity contribution in [3.63, 3.8) is 0 Å². The summed E-state index contributed by atoms with van der Waals surface area (Å²) in [4.78, 5) is 11.3. The van der Waals surface area contributed by atoms with Gasteiger partial charge in [0.2, 0.25) is 5.91 Å². The molecule has 0 spiro atoms. The number of nitrogens with one attached hydrogen (secondary N) is 1. The highest BCUT2D eigenvalue weighted by molar-refractivity contribution is 5.85. The van der Waals surface area contributed by atoms with Crippen LogP contribution in [0.25, 0.3) is 0 Å². The summed E-state index contributed by atoms with van der Waals surface area (Å²) in [6.07, 6.45) is 1.62. The molecular formula is C8H15NO3. The second-order valence-electron chi connectivity index (χ2n) is 3.19. The SMILES string of the molecule is COCCNC(=O)C1(CO)CC1. The van der Waals surface area contributed by atoms with E-state index in [1.54, 1.807) is 7.11 Å². The van der Waals surface area contributed by atoms with Crippen LogP contribution >= 0.6 is 0 Å². The number of hydrogen-bond acceptors (Lipinski definition) is 3. The molecule has 0 unspecified atom stereocenters. The number of methoxy groups -OCH3 is 1. The molecule has 4 nitrogen and oxygen atoms in total. The molecule has 1 fully saturated rings. The van der Waals surface area contributed by atoms with E-state index < -0.39 is 5.41 Å². The van der Waals surface area contributed by atoms with Crippen molar-refractivity contribution in [3.05, 3.63) is 0 Å². The molecule has 0 heterocycles. The van der Waals surface area contributed by atoms with E-state index in [1.807, 2.05) is 0 Å². The molecule has 0 radical (unpaired) electrons. The van der Waals surface area contributed by atoms with E-state index in [-0.39, 0.29) is 12.5 Å². The average Bonchev–Trinajstić information content (AvgIpc) is 2.85. The second-order valence-corrected chi connectivity index (χ2v) is 3.19. The second kappa shape index (κ2) is 3.87. The molecule has 4 heteroatoms. The molecule has 2 N–H and O–H groups in total. The van der Waals surface area contributed by atoms with E-state index in [1.165, 1.54) is 0 Å². The van der Waals surface area contributed by atoms with Crippen molar-refractivity contribution in [2.75, 3.05) is 26.9 Å². The van der Waals surface area contributed by atoms with Crippen LogP contribution in [0.5, 0.6) is 0 Å². The molecule has 12 heavy (non-hydrogen) atoms. The maximum Gasteiger partial charge on any atom is 0.228 e. The summed E-state index contributed by atoms with van der Waals surface area (Å²) >= 11 is 0. The average molecular weight is 173 g/mol. The highest BCUT2D eigenvalue weighted by Crippen LogP contribution is 2.45. The van der Waals surface area contributed by atoms with Gasteiger partial charge in [-0.1, -0.05) is 0 Å². The van der Waals surface area contributed by atoms with Crippen LogP contribution in [0.1, 0.15) is 12.8 Å². The third-order valence-corrected chi connectivity index (χ3v) is 2.23. The summed E-state index contributed by atoms with van der Waals surface area (Å²) in [5, 5.41) is 11.6. The highest BCUT2D eigenvalue weighted by Gasteiger charge is 2.49. The van der Waals surface area contributed by atoms with Crippen LogP contribution in [-0.4, -0.2) is 37.9 Å². The Morgan fingerprint density at radius 1 is 1.67 bits per heavy atom. The van der Waals surface area contributed by atoms with Gasteiger partial charge in [-0.2, -0.15) is 0 Å². The number of hydrogen-bond donors (Lipinski definition) is 2. The van der Waals surface area contributed by atoms with Gasteiger partial charge < -0.3 is 15.2 Å². The topological polar surface area (TPSA) is 58.6 Å². The number of amides is 1. The molecule has 70 valence electrons. The zero-order valence-electron chi connectivity index (χ0n) is 7.30. The Kier molecular flexibility index (Phi) is 3.05. The molecule has 1 amide bonds. The first-order valence-electron chi connectivity index (χ1n) is 4.13. The zero-order valence-corrected chi connectivity index (χ0v) is 7.30. The van der Waals surface area contributed by atoms with Crippen molar-refractivity contribution in [3.8, 4) is 0 Å². The number of carbonyl (C=O) groups is 1. The Morgan fingerprint density at radius 2 is 2.33 bits per heavy atom. The minimum absolute atomic E-state index is 0.0359. The Labute approximate surface area is 71.9 Å². The van der Waals surface area contributed by atoms with Gasteiger partial charge in [0.15, 0.2) is 0 Å². The first-order chi connectivity index (χ1) is 5.75. The fourth-order valence-electron chi connectivity index (χ4n) is 1.06. The van der Waals surface area contributed by atoms with Crippen molar-refractivity contribution in [1.82, 2.24) is 5.32 Å². The third kappa shape index (κ3) is 1.95. The quantitative estimate of drug-likeness (QED) is 0.552. The van der Waals surface area contributed by atoms with E-state index >= 15 is 0 Å². The third-order valence-electron chi connectivity index (χ3n) is 2.23. The van der Waals surface area contributed by atoms with Crippen LogP contribution in [0.3, 0.4) is 0 Å². The van der Waals surface area contributed by atoms with Gasteiger partial charge in [0.05, 0.1) is 18.6 Å². The Balaban J connectivity index is 2.20. The zero-order chi connectivity index (χ0) is 9.03. The summed E-state index contributed by atoms with van der Waals surface area (Å²) in [6, 6.07) is 0. The van der Waals surface area contributed by atoms with Gasteiger partial charge in [-0.15, -0.1) is 0 Å². The van der Waals surface area contributed by atoms with Gasteiger partial charge in [0.25, 0.3) is 0 Å². The monoisotopic (exact) mass is 173 g/mol. The van der Waals surface area contributed by atoms with Gasteiger partial charge in [-0.05, 0) is 12.8 Å². The van der Waals surface area contributed by atoms with Crippen molar-refractivity contribution >= 4 is 5.91 Å². The van der Waals surface area contributed by atoms with E-state index in [9.17, 15) is 4.79 Å². The molecule has 1 rings (SSSR count). The van der Waals surface area contributed by atoms with Gasteiger partial charge >= 0.3 is 0 Å². The van der Waals surface area contributed by atoms with Gasteiger partial charge in [0, 0.05) is 13.7 Å². The highest BCUT2D eigenvalue weighted by atomic mass is 16.5. The molecule has 1 saturated carbocycles. The fraction of sp³-hybridized carbons (Fsp3) is 0.875. The summed E-state index contributed by atoms with van der Waals surface area (Å²) < 4.78 is 4.78. The lowest BCUT2D eigenvalue weighted by atomic mass is 10.1. The maximum atomic E-state index is 11.3. The Morgan fingerprint density at radius 3 is 2.75 bits per heavy atom. The molecule has 0 aromatic carbocycles. The van der Waals surface area contributed by atoms with Gasteiger partial charge in [-0.3, -0.25) is 4.79 Å². The van der Waals surface area contributed by atoms with Crippen molar-refractivity contribution in [1.29, 1.82) is 0 Å². The normalized spacial score (nSPS) is 18.8. The van der Waals surface area contributed by atoms with Gasteiger partial charge in [0.1, 0.15) is 0 Å². The summed E-state index contributed by atoms with van der Waals surface area (Å²) in [5.41, 5.74) is -0.451. The molecule has 0 aromatic rings. The van der Waals surface area contributed by atoms with E-state index in [4.69, 9.17) is 9.84 Å². The van der Waals surface area contributed by atoms with Crippen LogP contribution in [0.2, 0.25) is 0 Å². The molecule has 1 aliphatic rings. The summed E-state index contributed by atoms with van der Waals surface area (Å²) in [7, 11) is 1.59. The summed E-state index contributed by atoms with van der Waals surface area (Å²) in [6.45, 7) is 1.01. The molecule has 0 saturated heterocycles. The molecule has 0 bridgehead atoms. The number of carbonyl (C=O) groups excluding carboxylic acids is 1. The van der Waals surface area contributed by atoms with Crippen LogP contribution < -0.4 is 5.32 Å². The number of aliphatic hydroxyl groups is 1. The first kappa shape index (κ1) is 9.48. The number of aliphatic hydroxyl groups excluding tert-OH is 1. The maximum absolute atomic E-state index is 11.3. The molecule has 0 aliphatic heterocycles. The Hall–Kier alpha value is -0.610. The van der Waals surface area contributed by atoms with Crippen LogP contribution in [0, 0.1) is 5.41 Å². The summed E-state index contributed by atoms with van der Waals surface area (Å²) in [5.74, 6) is -0.0398. The molecule has 1 aliphatic carbocycles. The van der Waals surface area contributed by atoms with Gasteiger partial charge in [-0.25, -0.2) is 0 Å². The van der Waals surface area contributed by atoms with E-state index in [0.29, 0.717) is 13.2 Å². The smallest absolute Gasteiger partial charge is 0.228 e. The van der Waals surface area contributed by atoms with Crippen molar-refractivity contribution in [2.45, 2.75) is 12.8 Å². The van der Waals surface area contributed by atoms with Crippen LogP contribution in [0.15, 0.2) is 0 Å². The fourth-order valence-corrected chi connectivity index (χ4v) is 1.06. The van der Waals surface area contributed by atoms with E-state index in [0.717, 1.165) is 12.8 Å². The lowest BCUT2D eigenvalue weighted by molar-refractivity contribution is -0.127. The van der Waals surface area contributed by atoms with Crippen LogP contribution in [0.4, 0.5) is 0 Å². The molecule has 0 aromatic heterocycles. The van der Waals surface area contributed by atoms with E-state index in [2.05, 4.69) is 5.32 Å². The predicted octanol–water partition coefficient (Wildman–Crippen LogP) is -0.479. The lowest BCUT2D eigenvalue weighted by Crippen LogP contribution is -2.36. The minimum Gasteiger partial charge on any atom is -0.395 e. The molecule has 0 atom stereocenters. The lowest BCUT2D eigenvalue weighted by Gasteiger charge is -2.11. The van der Waals surface area contributed by atoms with Crippen LogP contribution in [-0.2, 0) is 9.53 Å². The molecular weight excluding hydrogens is 158 g/mol. The first-order valence-corrected chi connectivity index (χ1v) is 4.13. The number of ether oxygens (including phenoxy) is 1.